The van der Waals surface area contributed by atoms with Crippen molar-refractivity contribution in [2.24, 2.45) is 0 Å². The lowest BCUT2D eigenvalue weighted by Gasteiger charge is -2.13. The quantitative estimate of drug-likeness (QED) is 0.712. The molecule has 4 heteroatoms. The van der Waals surface area contributed by atoms with Crippen LogP contribution in [-0.4, -0.2) is 12.8 Å². The van der Waals surface area contributed by atoms with Gasteiger partial charge in [-0.25, -0.2) is 0 Å². The second-order valence-electron chi connectivity index (χ2n) is 3.18. The second kappa shape index (κ2) is 4.88. The van der Waals surface area contributed by atoms with Crippen LogP contribution in [0.4, 0.5) is 13.2 Å². The molecule has 1 aromatic rings. The molecule has 0 bridgehead atoms. The molecule has 0 N–H and O–H groups in total. The molecule has 0 heterocycles. The zero-order valence-electron chi connectivity index (χ0n) is 8.55. The predicted octanol–water partition coefficient (Wildman–Crippen LogP) is 3.79. The van der Waals surface area contributed by atoms with Crippen LogP contribution in [0.5, 0.6) is 0 Å². The van der Waals surface area contributed by atoms with E-state index in [1.54, 1.807) is 24.3 Å². The minimum atomic E-state index is -4.52. The Morgan fingerprint density at radius 1 is 1.12 bits per heavy atom. The number of allylic oxidation sites excluding steroid dienone is 1. The van der Waals surface area contributed by atoms with E-state index in [9.17, 15) is 13.2 Å². The van der Waals surface area contributed by atoms with Crippen molar-refractivity contribution in [1.82, 2.24) is 0 Å². The van der Waals surface area contributed by atoms with E-state index in [1.165, 1.54) is 0 Å². The highest BCUT2D eigenvalue weighted by atomic mass is 19.4. The Hall–Kier alpha value is -1.71. The van der Waals surface area contributed by atoms with Crippen molar-refractivity contribution >= 4 is 5.57 Å². The summed E-state index contributed by atoms with van der Waals surface area (Å²) in [6.45, 7) is 6.23. The average Bonchev–Trinajstić information content (AvgIpc) is 2.25. The fraction of sp³-hybridized carbons (Fsp3) is 0.167. The van der Waals surface area contributed by atoms with Crippen molar-refractivity contribution in [1.29, 1.82) is 0 Å². The molecule has 0 saturated heterocycles. The van der Waals surface area contributed by atoms with Crippen molar-refractivity contribution in [3.8, 4) is 0 Å². The molecular weight excluding hydrogens is 217 g/mol. The van der Waals surface area contributed by atoms with E-state index in [2.05, 4.69) is 17.9 Å². The van der Waals surface area contributed by atoms with E-state index in [-0.39, 0.29) is 6.61 Å². The molecule has 16 heavy (non-hydrogen) atoms. The molecule has 1 nitrogen and oxygen atoms in total. The Kier molecular flexibility index (Phi) is 3.77. The lowest BCUT2D eigenvalue weighted by Crippen LogP contribution is -2.14. The predicted molar refractivity (Wildman–Crippen MR) is 56.6 cm³/mol. The molecule has 0 aromatic heterocycles. The van der Waals surface area contributed by atoms with Gasteiger partial charge in [0.05, 0.1) is 0 Å². The van der Waals surface area contributed by atoms with E-state index in [1.807, 2.05) is 6.07 Å². The van der Waals surface area contributed by atoms with Gasteiger partial charge in [0.25, 0.3) is 0 Å². The zero-order chi connectivity index (χ0) is 12.2. The van der Waals surface area contributed by atoms with Crippen LogP contribution < -0.4 is 0 Å². The summed E-state index contributed by atoms with van der Waals surface area (Å²) >= 11 is 0. The van der Waals surface area contributed by atoms with Gasteiger partial charge in [-0.1, -0.05) is 43.5 Å². The van der Waals surface area contributed by atoms with Gasteiger partial charge in [-0.3, -0.25) is 0 Å². The van der Waals surface area contributed by atoms with E-state index >= 15 is 0 Å². The summed E-state index contributed by atoms with van der Waals surface area (Å²) in [7, 11) is 0. The minimum absolute atomic E-state index is 0.220. The molecule has 0 aliphatic rings. The average molecular weight is 228 g/mol. The highest BCUT2D eigenvalue weighted by molar-refractivity contribution is 5.63. The number of alkyl halides is 3. The maximum Gasteiger partial charge on any atom is 0.448 e. The van der Waals surface area contributed by atoms with Gasteiger partial charge in [-0.05, 0) is 11.1 Å². The van der Waals surface area contributed by atoms with Crippen LogP contribution >= 0.6 is 0 Å². The van der Waals surface area contributed by atoms with E-state index in [4.69, 9.17) is 0 Å². The summed E-state index contributed by atoms with van der Waals surface area (Å²) in [5.41, 5.74) is 1.23. The fourth-order valence-electron chi connectivity index (χ4n) is 1.01. The minimum Gasteiger partial charge on any atom is -0.485 e. The lowest BCUT2D eigenvalue weighted by atomic mass is 10.1. The number of hydrogen-bond donors (Lipinski definition) is 0. The first-order valence-corrected chi connectivity index (χ1v) is 4.53. The lowest BCUT2D eigenvalue weighted by molar-refractivity contribution is -0.127. The van der Waals surface area contributed by atoms with Gasteiger partial charge in [-0.15, -0.1) is 0 Å². The molecule has 86 valence electrons. The molecular formula is C12H11F3O. The SMILES string of the molecule is C=C(COC(=C)C(F)(F)F)c1ccccc1. The van der Waals surface area contributed by atoms with Crippen molar-refractivity contribution in [3.05, 3.63) is 54.8 Å². The maximum absolute atomic E-state index is 12.0. The monoisotopic (exact) mass is 228 g/mol. The van der Waals surface area contributed by atoms with Gasteiger partial charge in [0, 0.05) is 0 Å². The third kappa shape index (κ3) is 3.46. The van der Waals surface area contributed by atoms with Gasteiger partial charge >= 0.3 is 6.18 Å². The molecule has 0 radical (unpaired) electrons. The third-order valence-corrected chi connectivity index (χ3v) is 1.92. The Bertz CT molecular complexity index is 379. The topological polar surface area (TPSA) is 9.23 Å². The van der Waals surface area contributed by atoms with Crippen molar-refractivity contribution in [3.63, 3.8) is 0 Å². The molecule has 0 saturated carbocycles. The van der Waals surface area contributed by atoms with Gasteiger partial charge in [0.2, 0.25) is 0 Å². The van der Waals surface area contributed by atoms with Crippen molar-refractivity contribution in [2.75, 3.05) is 6.61 Å². The summed E-state index contributed by atoms with van der Waals surface area (Å²) in [4.78, 5) is 0. The largest absolute Gasteiger partial charge is 0.485 e. The Morgan fingerprint density at radius 2 is 1.69 bits per heavy atom. The first-order valence-electron chi connectivity index (χ1n) is 4.53. The van der Waals surface area contributed by atoms with Gasteiger partial charge in [-0.2, -0.15) is 13.2 Å². The van der Waals surface area contributed by atoms with Crippen LogP contribution in [0.2, 0.25) is 0 Å². The second-order valence-corrected chi connectivity index (χ2v) is 3.18. The van der Waals surface area contributed by atoms with Crippen molar-refractivity contribution < 1.29 is 17.9 Å². The number of rotatable bonds is 4. The molecule has 0 atom stereocenters. The molecule has 1 rings (SSSR count). The van der Waals surface area contributed by atoms with E-state index in [0.717, 1.165) is 5.56 Å². The van der Waals surface area contributed by atoms with Crippen molar-refractivity contribution in [2.45, 2.75) is 6.18 Å². The highest BCUT2D eigenvalue weighted by Crippen LogP contribution is 2.25. The Labute approximate surface area is 91.9 Å². The molecule has 0 fully saturated rings. The standard InChI is InChI=1S/C12H11F3O/c1-9(11-6-4-3-5-7-11)8-16-10(2)12(13,14)15/h3-7H,1-2,8H2. The number of hydrogen-bond acceptors (Lipinski definition) is 1. The molecule has 0 aliphatic carbocycles. The maximum atomic E-state index is 12.0. The zero-order valence-corrected chi connectivity index (χ0v) is 8.55. The molecule has 0 spiro atoms. The van der Waals surface area contributed by atoms with Crippen LogP contribution in [-0.2, 0) is 4.74 Å². The van der Waals surface area contributed by atoms with Gasteiger partial charge in [0.1, 0.15) is 6.61 Å². The summed E-state index contributed by atoms with van der Waals surface area (Å²) in [6, 6.07) is 8.87. The van der Waals surface area contributed by atoms with Crippen LogP contribution in [0.15, 0.2) is 49.2 Å². The normalized spacial score (nSPS) is 10.9. The first-order chi connectivity index (χ1) is 7.41. The number of halogens is 3. The fourth-order valence-corrected chi connectivity index (χ4v) is 1.01. The van der Waals surface area contributed by atoms with E-state index in [0.29, 0.717) is 5.57 Å². The molecule has 0 amide bonds. The number of benzene rings is 1. The summed E-state index contributed by atoms with van der Waals surface area (Å²) in [5, 5.41) is 0. The van der Waals surface area contributed by atoms with Crippen LogP contribution in [0.25, 0.3) is 5.57 Å². The Morgan fingerprint density at radius 3 is 2.19 bits per heavy atom. The van der Waals surface area contributed by atoms with Crippen LogP contribution in [0.1, 0.15) is 5.56 Å². The van der Waals surface area contributed by atoms with Gasteiger partial charge < -0.3 is 4.74 Å². The Balaban J connectivity index is 2.52. The van der Waals surface area contributed by atoms with Crippen LogP contribution in [0.3, 0.4) is 0 Å². The first kappa shape index (κ1) is 12.4. The van der Waals surface area contributed by atoms with E-state index < -0.39 is 11.9 Å². The number of ether oxygens (including phenoxy) is 1. The van der Waals surface area contributed by atoms with Gasteiger partial charge in [0.15, 0.2) is 5.76 Å². The summed E-state index contributed by atoms with van der Waals surface area (Å²) in [5.74, 6) is -1.20. The highest BCUT2D eigenvalue weighted by Gasteiger charge is 2.34. The third-order valence-electron chi connectivity index (χ3n) is 1.92. The molecule has 0 unspecified atom stereocenters. The molecule has 1 aromatic carbocycles. The summed E-state index contributed by atoms with van der Waals surface area (Å²) < 4.78 is 40.6. The molecule has 0 aliphatic heterocycles. The summed E-state index contributed by atoms with van der Waals surface area (Å²) in [6.07, 6.45) is -4.52. The van der Waals surface area contributed by atoms with Crippen LogP contribution in [0, 0.1) is 0 Å². The smallest absolute Gasteiger partial charge is 0.448 e.